The molecule has 0 unspecified atom stereocenters. The number of ether oxygens (including phenoxy) is 2. The molecule has 1 rings (SSSR count). The van der Waals surface area contributed by atoms with Gasteiger partial charge in [0.2, 0.25) is 5.88 Å². The van der Waals surface area contributed by atoms with Crippen LogP contribution in [-0.2, 0) is 11.3 Å². The van der Waals surface area contributed by atoms with Crippen molar-refractivity contribution in [2.24, 2.45) is 4.99 Å². The summed E-state index contributed by atoms with van der Waals surface area (Å²) in [4.78, 5) is 8.16. The highest BCUT2D eigenvalue weighted by molar-refractivity contribution is 14.0. The lowest BCUT2D eigenvalue weighted by Gasteiger charge is -2.11. The van der Waals surface area contributed by atoms with Gasteiger partial charge >= 0.3 is 0 Å². The molecule has 2 N–H and O–H groups in total. The van der Waals surface area contributed by atoms with Gasteiger partial charge in [-0.15, -0.1) is 24.0 Å². The molecule has 0 aliphatic heterocycles. The lowest BCUT2D eigenvalue weighted by atomic mass is 10.2. The lowest BCUT2D eigenvalue weighted by Crippen LogP contribution is -2.38. The summed E-state index contributed by atoms with van der Waals surface area (Å²) >= 11 is 0. The maximum Gasteiger partial charge on any atom is 0.213 e. The SMILES string of the molecule is CN=C(NCCOC)NCc1ccnc(OC)c1.I. The van der Waals surface area contributed by atoms with E-state index in [2.05, 4.69) is 20.6 Å². The van der Waals surface area contributed by atoms with E-state index in [1.807, 2.05) is 12.1 Å². The van der Waals surface area contributed by atoms with Crippen LogP contribution in [0.15, 0.2) is 23.3 Å². The second-order valence-electron chi connectivity index (χ2n) is 3.55. The van der Waals surface area contributed by atoms with Crippen molar-refractivity contribution in [2.75, 3.05) is 34.4 Å². The minimum atomic E-state index is 0. The molecule has 0 fully saturated rings. The number of guanidine groups is 1. The first-order valence-corrected chi connectivity index (χ1v) is 5.72. The molecular formula is C12H21IN4O2. The molecule has 0 spiro atoms. The molecule has 0 bridgehead atoms. The quantitative estimate of drug-likeness (QED) is 0.334. The number of nitrogens with one attached hydrogen (secondary N) is 2. The van der Waals surface area contributed by atoms with Crippen LogP contribution >= 0.6 is 24.0 Å². The number of nitrogens with zero attached hydrogens (tertiary/aromatic N) is 2. The van der Waals surface area contributed by atoms with Crippen molar-refractivity contribution < 1.29 is 9.47 Å². The van der Waals surface area contributed by atoms with Gasteiger partial charge in [0.05, 0.1) is 13.7 Å². The van der Waals surface area contributed by atoms with E-state index in [1.54, 1.807) is 27.5 Å². The van der Waals surface area contributed by atoms with Gasteiger partial charge in [-0.05, 0) is 11.6 Å². The van der Waals surface area contributed by atoms with Gasteiger partial charge in [-0.3, -0.25) is 4.99 Å². The molecule has 1 aromatic heterocycles. The van der Waals surface area contributed by atoms with Crippen molar-refractivity contribution in [1.82, 2.24) is 15.6 Å². The van der Waals surface area contributed by atoms with Crippen molar-refractivity contribution in [3.63, 3.8) is 0 Å². The molecule has 19 heavy (non-hydrogen) atoms. The zero-order chi connectivity index (χ0) is 13.2. The van der Waals surface area contributed by atoms with Crippen LogP contribution in [0.1, 0.15) is 5.56 Å². The minimum Gasteiger partial charge on any atom is -0.481 e. The summed E-state index contributed by atoms with van der Waals surface area (Å²) < 4.78 is 10.0. The van der Waals surface area contributed by atoms with E-state index >= 15 is 0 Å². The average Bonchev–Trinajstić information content (AvgIpc) is 2.43. The molecule has 7 heteroatoms. The predicted molar refractivity (Wildman–Crippen MR) is 86.3 cm³/mol. The molecule has 0 amide bonds. The van der Waals surface area contributed by atoms with Crippen molar-refractivity contribution in [3.8, 4) is 5.88 Å². The first-order chi connectivity index (χ1) is 8.80. The molecule has 6 nitrogen and oxygen atoms in total. The van der Waals surface area contributed by atoms with Crippen LogP contribution < -0.4 is 15.4 Å². The number of hydrogen-bond donors (Lipinski definition) is 2. The Morgan fingerprint density at radius 2 is 2.16 bits per heavy atom. The third-order valence-electron chi connectivity index (χ3n) is 2.29. The summed E-state index contributed by atoms with van der Waals surface area (Å²) in [5, 5.41) is 6.33. The van der Waals surface area contributed by atoms with Gasteiger partial charge in [0.1, 0.15) is 0 Å². The molecule has 1 heterocycles. The Morgan fingerprint density at radius 3 is 2.79 bits per heavy atom. The lowest BCUT2D eigenvalue weighted by molar-refractivity contribution is 0.203. The van der Waals surface area contributed by atoms with E-state index in [4.69, 9.17) is 9.47 Å². The number of aromatic nitrogens is 1. The number of pyridine rings is 1. The second-order valence-corrected chi connectivity index (χ2v) is 3.55. The minimum absolute atomic E-state index is 0. The first-order valence-electron chi connectivity index (χ1n) is 5.72. The second kappa shape index (κ2) is 10.8. The van der Waals surface area contributed by atoms with Gasteiger partial charge in [-0.2, -0.15) is 0 Å². The third-order valence-corrected chi connectivity index (χ3v) is 2.29. The fourth-order valence-corrected chi connectivity index (χ4v) is 1.35. The summed E-state index contributed by atoms with van der Waals surface area (Å²) in [5.41, 5.74) is 1.08. The van der Waals surface area contributed by atoms with E-state index in [0.717, 1.165) is 18.1 Å². The Balaban J connectivity index is 0.00000324. The molecular weight excluding hydrogens is 359 g/mol. The normalized spacial score (nSPS) is 10.6. The van der Waals surface area contributed by atoms with Gasteiger partial charge in [-0.1, -0.05) is 0 Å². The summed E-state index contributed by atoms with van der Waals surface area (Å²) in [6, 6.07) is 3.81. The monoisotopic (exact) mass is 380 g/mol. The molecule has 0 saturated carbocycles. The molecule has 0 aliphatic rings. The Hall–Kier alpha value is -1.09. The van der Waals surface area contributed by atoms with Crippen molar-refractivity contribution in [3.05, 3.63) is 23.9 Å². The van der Waals surface area contributed by atoms with Crippen molar-refractivity contribution in [2.45, 2.75) is 6.54 Å². The topological polar surface area (TPSA) is 67.8 Å². The van der Waals surface area contributed by atoms with Crippen LogP contribution in [0.4, 0.5) is 0 Å². The number of rotatable bonds is 6. The summed E-state index contributed by atoms with van der Waals surface area (Å²) in [6.45, 7) is 2.02. The predicted octanol–water partition coefficient (Wildman–Crippen LogP) is 1.02. The molecule has 0 aliphatic carbocycles. The third kappa shape index (κ3) is 7.16. The molecule has 1 aromatic rings. The van der Waals surface area contributed by atoms with Crippen LogP contribution in [0.25, 0.3) is 0 Å². The van der Waals surface area contributed by atoms with Crippen LogP contribution in [0, 0.1) is 0 Å². The number of halogens is 1. The van der Waals surface area contributed by atoms with Gasteiger partial charge < -0.3 is 20.1 Å². The molecule has 0 saturated heterocycles. The van der Waals surface area contributed by atoms with E-state index in [1.165, 1.54) is 0 Å². The smallest absolute Gasteiger partial charge is 0.213 e. The average molecular weight is 380 g/mol. The van der Waals surface area contributed by atoms with Gasteiger partial charge in [0.25, 0.3) is 0 Å². The van der Waals surface area contributed by atoms with E-state index < -0.39 is 0 Å². The van der Waals surface area contributed by atoms with Crippen LogP contribution in [0.2, 0.25) is 0 Å². The Labute approximate surface area is 131 Å². The van der Waals surface area contributed by atoms with E-state index in [-0.39, 0.29) is 24.0 Å². The molecule has 0 aromatic carbocycles. The standard InChI is InChI=1S/C12H20N4O2.HI/c1-13-12(15-6-7-17-2)16-9-10-4-5-14-11(8-10)18-3;/h4-5,8H,6-7,9H2,1-3H3,(H2,13,15,16);1H. The highest BCUT2D eigenvalue weighted by Crippen LogP contribution is 2.07. The Bertz CT molecular complexity index is 388. The molecule has 0 radical (unpaired) electrons. The van der Waals surface area contributed by atoms with E-state index in [0.29, 0.717) is 19.0 Å². The zero-order valence-corrected chi connectivity index (χ0v) is 13.8. The number of hydrogen-bond acceptors (Lipinski definition) is 4. The number of aliphatic imine (C=N–C) groups is 1. The summed E-state index contributed by atoms with van der Waals surface area (Å²) in [7, 11) is 5.00. The summed E-state index contributed by atoms with van der Waals surface area (Å²) in [5.74, 6) is 1.35. The summed E-state index contributed by atoms with van der Waals surface area (Å²) in [6.07, 6.45) is 1.72. The van der Waals surface area contributed by atoms with Crippen molar-refractivity contribution >= 4 is 29.9 Å². The molecule has 0 atom stereocenters. The maximum atomic E-state index is 5.07. The largest absolute Gasteiger partial charge is 0.481 e. The zero-order valence-electron chi connectivity index (χ0n) is 11.5. The van der Waals surface area contributed by atoms with Gasteiger partial charge in [0.15, 0.2) is 5.96 Å². The van der Waals surface area contributed by atoms with Crippen LogP contribution in [0.3, 0.4) is 0 Å². The van der Waals surface area contributed by atoms with Crippen molar-refractivity contribution in [1.29, 1.82) is 0 Å². The highest BCUT2D eigenvalue weighted by Gasteiger charge is 1.99. The number of methoxy groups -OCH3 is 2. The molecule has 108 valence electrons. The highest BCUT2D eigenvalue weighted by atomic mass is 127. The Morgan fingerprint density at radius 1 is 1.37 bits per heavy atom. The van der Waals surface area contributed by atoms with Gasteiger partial charge in [-0.25, -0.2) is 4.98 Å². The van der Waals surface area contributed by atoms with Crippen LogP contribution in [0.5, 0.6) is 5.88 Å². The Kier molecular flexibility index (Phi) is 10.2. The maximum absolute atomic E-state index is 5.07. The fraction of sp³-hybridized carbons (Fsp3) is 0.500. The first kappa shape index (κ1) is 17.9. The van der Waals surface area contributed by atoms with E-state index in [9.17, 15) is 0 Å². The van der Waals surface area contributed by atoms with Crippen LogP contribution in [-0.4, -0.2) is 45.4 Å². The fourth-order valence-electron chi connectivity index (χ4n) is 1.35. The van der Waals surface area contributed by atoms with Gasteiger partial charge in [0, 0.05) is 39.5 Å².